The zero-order valence-corrected chi connectivity index (χ0v) is 15.2. The van der Waals surface area contributed by atoms with Gasteiger partial charge >= 0.3 is 0 Å². The third-order valence-electron chi connectivity index (χ3n) is 4.57. The Balaban J connectivity index is 2.00. The standard InChI is InChI=1S/C18H37NS/c1-5-17(10-11-18(2,3)4)9-7-6-8-12-19-13-15-20-16-14-19/h17H,5-16H2,1-4H3/t17-/m1/s1. The third kappa shape index (κ3) is 9.28. The molecule has 0 spiro atoms. The van der Waals surface area contributed by atoms with Gasteiger partial charge in [-0.2, -0.15) is 11.8 Å². The van der Waals surface area contributed by atoms with Crippen molar-refractivity contribution in [3.63, 3.8) is 0 Å². The Morgan fingerprint density at radius 1 is 1.00 bits per heavy atom. The number of thioether (sulfide) groups is 1. The zero-order valence-electron chi connectivity index (χ0n) is 14.4. The van der Waals surface area contributed by atoms with Crippen LogP contribution in [0.4, 0.5) is 0 Å². The monoisotopic (exact) mass is 299 g/mol. The fraction of sp³-hybridized carbons (Fsp3) is 1.00. The molecule has 0 aliphatic carbocycles. The van der Waals surface area contributed by atoms with Crippen LogP contribution >= 0.6 is 11.8 Å². The number of nitrogens with zero attached hydrogens (tertiary/aromatic N) is 1. The minimum absolute atomic E-state index is 0.514. The van der Waals surface area contributed by atoms with Gasteiger partial charge in [0.05, 0.1) is 0 Å². The quantitative estimate of drug-likeness (QED) is 0.521. The van der Waals surface area contributed by atoms with E-state index in [1.807, 2.05) is 0 Å². The van der Waals surface area contributed by atoms with E-state index in [9.17, 15) is 0 Å². The molecule has 1 aliphatic heterocycles. The Labute approximate surface area is 132 Å². The maximum atomic E-state index is 2.66. The van der Waals surface area contributed by atoms with Gasteiger partial charge in [0.2, 0.25) is 0 Å². The molecule has 1 saturated heterocycles. The van der Waals surface area contributed by atoms with Crippen LogP contribution in [0.1, 0.15) is 72.6 Å². The van der Waals surface area contributed by atoms with Gasteiger partial charge < -0.3 is 4.90 Å². The minimum Gasteiger partial charge on any atom is -0.302 e. The second-order valence-electron chi connectivity index (χ2n) is 7.68. The maximum absolute atomic E-state index is 2.66. The number of unbranched alkanes of at least 4 members (excludes halogenated alkanes) is 2. The van der Waals surface area contributed by atoms with Crippen LogP contribution in [-0.4, -0.2) is 36.0 Å². The van der Waals surface area contributed by atoms with Crippen LogP contribution in [0.5, 0.6) is 0 Å². The summed E-state index contributed by atoms with van der Waals surface area (Å²) in [6.07, 6.45) is 9.96. The molecule has 0 aromatic heterocycles. The molecule has 120 valence electrons. The van der Waals surface area contributed by atoms with Crippen molar-refractivity contribution in [3.8, 4) is 0 Å². The van der Waals surface area contributed by atoms with Gasteiger partial charge in [0.15, 0.2) is 0 Å². The highest BCUT2D eigenvalue weighted by Crippen LogP contribution is 2.27. The Kier molecular flexibility index (Phi) is 9.28. The molecule has 0 radical (unpaired) electrons. The van der Waals surface area contributed by atoms with Crippen LogP contribution in [0, 0.1) is 11.3 Å². The molecule has 0 saturated carbocycles. The van der Waals surface area contributed by atoms with E-state index in [-0.39, 0.29) is 0 Å². The summed E-state index contributed by atoms with van der Waals surface area (Å²) in [5, 5.41) is 0. The zero-order chi connectivity index (χ0) is 14.8. The Morgan fingerprint density at radius 2 is 1.70 bits per heavy atom. The number of hydrogen-bond acceptors (Lipinski definition) is 2. The van der Waals surface area contributed by atoms with Crippen LogP contribution in [0.15, 0.2) is 0 Å². The molecule has 0 aromatic rings. The summed E-state index contributed by atoms with van der Waals surface area (Å²) in [6, 6.07) is 0. The van der Waals surface area contributed by atoms with Crippen molar-refractivity contribution >= 4 is 11.8 Å². The van der Waals surface area contributed by atoms with E-state index in [1.54, 1.807) is 0 Å². The Bertz CT molecular complexity index is 228. The highest BCUT2D eigenvalue weighted by atomic mass is 32.2. The predicted molar refractivity (Wildman–Crippen MR) is 94.7 cm³/mol. The third-order valence-corrected chi connectivity index (χ3v) is 5.51. The number of rotatable bonds is 9. The van der Waals surface area contributed by atoms with E-state index in [0.29, 0.717) is 5.41 Å². The smallest absolute Gasteiger partial charge is 0.00727 e. The normalized spacial score (nSPS) is 19.2. The topological polar surface area (TPSA) is 3.24 Å². The van der Waals surface area contributed by atoms with Gasteiger partial charge in [-0.1, -0.05) is 53.4 Å². The highest BCUT2D eigenvalue weighted by molar-refractivity contribution is 7.99. The first-order valence-corrected chi connectivity index (χ1v) is 9.97. The van der Waals surface area contributed by atoms with E-state index in [1.165, 1.54) is 76.1 Å². The van der Waals surface area contributed by atoms with Crippen molar-refractivity contribution in [2.24, 2.45) is 11.3 Å². The molecule has 0 N–H and O–H groups in total. The molecule has 1 aliphatic rings. The molecule has 1 heterocycles. The van der Waals surface area contributed by atoms with Gasteiger partial charge in [-0.3, -0.25) is 0 Å². The Hall–Kier alpha value is 0.310. The molecule has 1 rings (SSSR count). The molecule has 2 heteroatoms. The van der Waals surface area contributed by atoms with Crippen LogP contribution < -0.4 is 0 Å². The highest BCUT2D eigenvalue weighted by Gasteiger charge is 2.14. The summed E-state index contributed by atoms with van der Waals surface area (Å²) in [5.74, 6) is 3.68. The van der Waals surface area contributed by atoms with Gasteiger partial charge in [-0.25, -0.2) is 0 Å². The second kappa shape index (κ2) is 10.1. The molecule has 1 fully saturated rings. The average Bonchev–Trinajstić information content (AvgIpc) is 2.42. The summed E-state index contributed by atoms with van der Waals surface area (Å²) in [7, 11) is 0. The lowest BCUT2D eigenvalue weighted by Gasteiger charge is -2.26. The Morgan fingerprint density at radius 3 is 2.30 bits per heavy atom. The minimum atomic E-state index is 0.514. The summed E-state index contributed by atoms with van der Waals surface area (Å²) in [6.45, 7) is 13.5. The second-order valence-corrected chi connectivity index (χ2v) is 8.90. The molecule has 0 amide bonds. The van der Waals surface area contributed by atoms with Crippen molar-refractivity contribution in [1.82, 2.24) is 4.90 Å². The van der Waals surface area contributed by atoms with Gasteiger partial charge in [-0.05, 0) is 37.1 Å². The van der Waals surface area contributed by atoms with Gasteiger partial charge in [-0.15, -0.1) is 0 Å². The summed E-state index contributed by atoms with van der Waals surface area (Å²) in [4.78, 5) is 2.66. The molecule has 0 bridgehead atoms. The molecule has 1 nitrogen and oxygen atoms in total. The van der Waals surface area contributed by atoms with Crippen LogP contribution in [0.2, 0.25) is 0 Å². The van der Waals surface area contributed by atoms with Gasteiger partial charge in [0.1, 0.15) is 0 Å². The van der Waals surface area contributed by atoms with E-state index in [4.69, 9.17) is 0 Å². The van der Waals surface area contributed by atoms with Crippen molar-refractivity contribution in [2.75, 3.05) is 31.1 Å². The first-order valence-electron chi connectivity index (χ1n) is 8.81. The lowest BCUT2D eigenvalue weighted by Crippen LogP contribution is -2.33. The fourth-order valence-electron chi connectivity index (χ4n) is 2.96. The van der Waals surface area contributed by atoms with Crippen LogP contribution in [0.3, 0.4) is 0 Å². The van der Waals surface area contributed by atoms with E-state index < -0.39 is 0 Å². The molecule has 20 heavy (non-hydrogen) atoms. The predicted octanol–water partition coefficient (Wildman–Crippen LogP) is 5.45. The summed E-state index contributed by atoms with van der Waals surface area (Å²) in [5.41, 5.74) is 0.514. The van der Waals surface area contributed by atoms with Crippen LogP contribution in [-0.2, 0) is 0 Å². The molecule has 0 aromatic carbocycles. The first kappa shape index (κ1) is 18.4. The van der Waals surface area contributed by atoms with Crippen molar-refractivity contribution in [2.45, 2.75) is 72.6 Å². The van der Waals surface area contributed by atoms with E-state index in [0.717, 1.165) is 5.92 Å². The molecule has 0 unspecified atom stereocenters. The average molecular weight is 300 g/mol. The largest absolute Gasteiger partial charge is 0.302 e. The lowest BCUT2D eigenvalue weighted by molar-refractivity contribution is 0.284. The fourth-order valence-corrected chi connectivity index (χ4v) is 3.94. The van der Waals surface area contributed by atoms with Gasteiger partial charge in [0.25, 0.3) is 0 Å². The SMILES string of the molecule is CC[C@H](CCCCCN1CCSCC1)CCC(C)(C)C. The summed E-state index contributed by atoms with van der Waals surface area (Å²) < 4.78 is 0. The van der Waals surface area contributed by atoms with Crippen molar-refractivity contribution < 1.29 is 0 Å². The summed E-state index contributed by atoms with van der Waals surface area (Å²) >= 11 is 2.11. The van der Waals surface area contributed by atoms with E-state index >= 15 is 0 Å². The van der Waals surface area contributed by atoms with Gasteiger partial charge in [0, 0.05) is 24.6 Å². The maximum Gasteiger partial charge on any atom is 0.00727 e. The molecular weight excluding hydrogens is 262 g/mol. The van der Waals surface area contributed by atoms with Crippen molar-refractivity contribution in [1.29, 1.82) is 0 Å². The number of hydrogen-bond donors (Lipinski definition) is 0. The van der Waals surface area contributed by atoms with E-state index in [2.05, 4.69) is 44.4 Å². The van der Waals surface area contributed by atoms with Crippen molar-refractivity contribution in [3.05, 3.63) is 0 Å². The molecule has 1 atom stereocenters. The molecular formula is C18H37NS. The first-order chi connectivity index (χ1) is 9.51. The van der Waals surface area contributed by atoms with Crippen LogP contribution in [0.25, 0.3) is 0 Å². The lowest BCUT2D eigenvalue weighted by atomic mass is 9.84.